The fraction of sp³-hybridized carbons (Fsp3) is 0.545. The molecule has 2 heterocycles. The van der Waals surface area contributed by atoms with Crippen LogP contribution in [0, 0.1) is 11.9 Å². The van der Waals surface area contributed by atoms with Gasteiger partial charge in [-0.3, -0.25) is 0 Å². The molecule has 2 rings (SSSR count). The van der Waals surface area contributed by atoms with Crippen LogP contribution in [0.25, 0.3) is 0 Å². The molecule has 0 amide bonds. The first kappa shape index (κ1) is 13.2. The van der Waals surface area contributed by atoms with Crippen molar-refractivity contribution in [3.63, 3.8) is 0 Å². The van der Waals surface area contributed by atoms with Crippen molar-refractivity contribution in [1.29, 1.82) is 0 Å². The van der Waals surface area contributed by atoms with Crippen LogP contribution in [0.2, 0.25) is 0 Å². The number of primary sulfonamides is 1. The molecule has 7 heteroatoms. The summed E-state index contributed by atoms with van der Waals surface area (Å²) in [6.07, 6.45) is 1.68. The summed E-state index contributed by atoms with van der Waals surface area (Å²) < 4.78 is 35.2. The predicted molar refractivity (Wildman–Crippen MR) is 67.1 cm³/mol. The minimum atomic E-state index is -3.46. The number of piperidine rings is 1. The quantitative estimate of drug-likeness (QED) is 0.824. The number of hydrogen-bond donors (Lipinski definition) is 1. The van der Waals surface area contributed by atoms with Crippen LogP contribution >= 0.6 is 0 Å². The Hall–Kier alpha value is -1.21. The zero-order valence-corrected chi connectivity index (χ0v) is 10.7. The smallest absolute Gasteiger partial charge is 0.214 e. The fourth-order valence-corrected chi connectivity index (χ4v) is 3.24. The van der Waals surface area contributed by atoms with Crippen LogP contribution in [0.3, 0.4) is 0 Å². The third-order valence-corrected chi connectivity index (χ3v) is 3.95. The summed E-state index contributed by atoms with van der Waals surface area (Å²) in [5.41, 5.74) is 0. The highest BCUT2D eigenvalue weighted by molar-refractivity contribution is 7.89. The van der Waals surface area contributed by atoms with Gasteiger partial charge in [0.05, 0.1) is 5.75 Å². The van der Waals surface area contributed by atoms with Crippen LogP contribution in [-0.4, -0.2) is 32.2 Å². The number of halogens is 1. The summed E-state index contributed by atoms with van der Waals surface area (Å²) in [5, 5.41) is 5.05. The second-order valence-electron chi connectivity index (χ2n) is 4.60. The Morgan fingerprint density at radius 2 is 2.28 bits per heavy atom. The third-order valence-electron chi connectivity index (χ3n) is 3.01. The number of nitrogens with two attached hydrogens (primary N) is 1. The van der Waals surface area contributed by atoms with E-state index in [1.165, 1.54) is 6.07 Å². The summed E-state index contributed by atoms with van der Waals surface area (Å²) in [6, 6.07) is 4.61. The molecule has 0 radical (unpaired) electrons. The third kappa shape index (κ3) is 3.64. The molecule has 0 bridgehead atoms. The Morgan fingerprint density at radius 1 is 1.50 bits per heavy atom. The lowest BCUT2D eigenvalue weighted by Gasteiger charge is -2.33. The number of anilines is 1. The Balaban J connectivity index is 2.07. The molecule has 1 aliphatic heterocycles. The van der Waals surface area contributed by atoms with Crippen LogP contribution in [0.15, 0.2) is 18.2 Å². The van der Waals surface area contributed by atoms with Crippen LogP contribution in [0.1, 0.15) is 12.8 Å². The van der Waals surface area contributed by atoms with Crippen molar-refractivity contribution in [1.82, 2.24) is 4.98 Å². The lowest BCUT2D eigenvalue weighted by Crippen LogP contribution is -2.39. The maximum Gasteiger partial charge on any atom is 0.214 e. The first-order valence-electron chi connectivity index (χ1n) is 5.82. The standard InChI is InChI=1S/C11H16FN3O2S/c12-10-4-1-5-11(14-10)15-6-2-3-9(7-15)8-18(13,16)17/h1,4-5,9H,2-3,6-8H2,(H2,13,16,17). The van der Waals surface area contributed by atoms with Crippen LogP contribution in [0.5, 0.6) is 0 Å². The minimum absolute atomic E-state index is 0.0150. The maximum absolute atomic E-state index is 13.0. The normalized spacial score (nSPS) is 21.0. The summed E-state index contributed by atoms with van der Waals surface area (Å²) >= 11 is 0. The Morgan fingerprint density at radius 3 is 2.94 bits per heavy atom. The molecular formula is C11H16FN3O2S. The van der Waals surface area contributed by atoms with Gasteiger partial charge < -0.3 is 4.90 Å². The summed E-state index contributed by atoms with van der Waals surface area (Å²) in [7, 11) is -3.46. The van der Waals surface area contributed by atoms with Gasteiger partial charge in [-0.2, -0.15) is 4.39 Å². The highest BCUT2D eigenvalue weighted by Crippen LogP contribution is 2.22. The molecule has 18 heavy (non-hydrogen) atoms. The molecule has 2 N–H and O–H groups in total. The van der Waals surface area contributed by atoms with Crippen molar-refractivity contribution in [2.24, 2.45) is 11.1 Å². The summed E-state index contributed by atoms with van der Waals surface area (Å²) in [4.78, 5) is 5.71. The summed E-state index contributed by atoms with van der Waals surface area (Å²) in [6.45, 7) is 1.31. The molecule has 0 spiro atoms. The predicted octanol–water partition coefficient (Wildman–Crippen LogP) is 0.726. The van der Waals surface area contributed by atoms with Gasteiger partial charge in [0.25, 0.3) is 0 Å². The summed E-state index contributed by atoms with van der Waals surface area (Å²) in [5.74, 6) is -0.0206. The van der Waals surface area contributed by atoms with Crippen molar-refractivity contribution >= 4 is 15.8 Å². The van der Waals surface area contributed by atoms with Crippen molar-refractivity contribution < 1.29 is 12.8 Å². The van der Waals surface area contributed by atoms with Gasteiger partial charge in [-0.15, -0.1) is 0 Å². The Kier molecular flexibility index (Phi) is 3.82. The van der Waals surface area contributed by atoms with Gasteiger partial charge >= 0.3 is 0 Å². The zero-order chi connectivity index (χ0) is 13.2. The van der Waals surface area contributed by atoms with Crippen molar-refractivity contribution in [2.75, 3.05) is 23.7 Å². The van der Waals surface area contributed by atoms with Gasteiger partial charge in [0, 0.05) is 13.1 Å². The average molecular weight is 273 g/mol. The van der Waals surface area contributed by atoms with E-state index in [1.807, 2.05) is 4.90 Å². The number of aromatic nitrogens is 1. The molecule has 0 saturated carbocycles. The van der Waals surface area contributed by atoms with E-state index in [4.69, 9.17) is 5.14 Å². The Bertz CT molecular complexity index is 521. The molecule has 100 valence electrons. The van der Waals surface area contributed by atoms with Gasteiger partial charge in [0.2, 0.25) is 16.0 Å². The van der Waals surface area contributed by atoms with E-state index in [0.29, 0.717) is 12.4 Å². The van der Waals surface area contributed by atoms with Gasteiger partial charge in [0.15, 0.2) is 0 Å². The second kappa shape index (κ2) is 5.19. The number of hydrogen-bond acceptors (Lipinski definition) is 4. The van der Waals surface area contributed by atoms with Crippen molar-refractivity contribution in [3.8, 4) is 0 Å². The van der Waals surface area contributed by atoms with E-state index in [-0.39, 0.29) is 11.7 Å². The molecule has 1 aromatic heterocycles. The highest BCUT2D eigenvalue weighted by atomic mass is 32.2. The van der Waals surface area contributed by atoms with Gasteiger partial charge in [-0.05, 0) is 30.9 Å². The van der Waals surface area contributed by atoms with E-state index in [9.17, 15) is 12.8 Å². The van der Waals surface area contributed by atoms with Gasteiger partial charge in [-0.1, -0.05) is 6.07 Å². The van der Waals surface area contributed by atoms with Crippen molar-refractivity contribution in [2.45, 2.75) is 12.8 Å². The molecule has 1 aliphatic rings. The topological polar surface area (TPSA) is 76.3 Å². The molecule has 5 nitrogen and oxygen atoms in total. The molecule has 1 fully saturated rings. The molecule has 1 saturated heterocycles. The molecule has 1 unspecified atom stereocenters. The average Bonchev–Trinajstić information content (AvgIpc) is 2.27. The van der Waals surface area contributed by atoms with Crippen LogP contribution in [-0.2, 0) is 10.0 Å². The van der Waals surface area contributed by atoms with Crippen LogP contribution < -0.4 is 10.0 Å². The number of rotatable bonds is 3. The second-order valence-corrected chi connectivity index (χ2v) is 6.26. The largest absolute Gasteiger partial charge is 0.356 e. The first-order valence-corrected chi connectivity index (χ1v) is 7.53. The SMILES string of the molecule is NS(=O)(=O)CC1CCCN(c2cccc(F)n2)C1. The minimum Gasteiger partial charge on any atom is -0.356 e. The van der Waals surface area contributed by atoms with E-state index in [1.54, 1.807) is 12.1 Å². The van der Waals surface area contributed by atoms with E-state index >= 15 is 0 Å². The lowest BCUT2D eigenvalue weighted by molar-refractivity contribution is 0.440. The highest BCUT2D eigenvalue weighted by Gasteiger charge is 2.24. The molecule has 0 aromatic carbocycles. The Labute approximate surface area is 106 Å². The number of sulfonamides is 1. The molecular weight excluding hydrogens is 257 g/mol. The van der Waals surface area contributed by atoms with E-state index in [2.05, 4.69) is 4.98 Å². The zero-order valence-electron chi connectivity index (χ0n) is 9.92. The lowest BCUT2D eigenvalue weighted by atomic mass is 10.0. The van der Waals surface area contributed by atoms with Crippen LogP contribution in [0.4, 0.5) is 10.2 Å². The molecule has 1 atom stereocenters. The van der Waals surface area contributed by atoms with Gasteiger partial charge in [0.1, 0.15) is 5.82 Å². The number of nitrogens with zero attached hydrogens (tertiary/aromatic N) is 2. The number of pyridine rings is 1. The maximum atomic E-state index is 13.0. The van der Waals surface area contributed by atoms with E-state index in [0.717, 1.165) is 19.4 Å². The fourth-order valence-electron chi connectivity index (χ4n) is 2.31. The molecule has 0 aliphatic carbocycles. The van der Waals surface area contributed by atoms with Gasteiger partial charge in [-0.25, -0.2) is 18.5 Å². The van der Waals surface area contributed by atoms with E-state index < -0.39 is 16.0 Å². The monoisotopic (exact) mass is 273 g/mol. The molecule has 1 aromatic rings. The first-order chi connectivity index (χ1) is 8.44. The van der Waals surface area contributed by atoms with Crippen molar-refractivity contribution in [3.05, 3.63) is 24.1 Å².